The third-order valence-corrected chi connectivity index (χ3v) is 5.51. The number of hydrogen-bond donors (Lipinski definition) is 1. The first-order valence-electron chi connectivity index (χ1n) is 6.99. The number of hydrogen-bond acceptors (Lipinski definition) is 3. The molecule has 0 bridgehead atoms. The topological polar surface area (TPSA) is 60.9 Å². The number of rotatable bonds is 5. The number of aliphatic hydroxyl groups excluding tert-OH is 1. The van der Waals surface area contributed by atoms with Gasteiger partial charge in [-0.05, 0) is 30.9 Å². The Morgan fingerprint density at radius 1 is 1.35 bits per heavy atom. The van der Waals surface area contributed by atoms with Gasteiger partial charge in [0.05, 0.1) is 18.8 Å². The summed E-state index contributed by atoms with van der Waals surface area (Å²) < 4.78 is 28.4. The molecular weight excluding hydrogens is 276 g/mol. The largest absolute Gasteiger partial charge is 0.394 e. The van der Waals surface area contributed by atoms with Gasteiger partial charge in [-0.2, -0.15) is 12.7 Å². The molecule has 1 aliphatic rings. The average Bonchev–Trinajstić information content (AvgIpc) is 2.45. The molecule has 1 aromatic rings. The summed E-state index contributed by atoms with van der Waals surface area (Å²) in [6.45, 7) is 3.06. The van der Waals surface area contributed by atoms with Gasteiger partial charge in [0.2, 0.25) is 0 Å². The van der Waals surface area contributed by atoms with E-state index < -0.39 is 10.2 Å². The highest BCUT2D eigenvalue weighted by Crippen LogP contribution is 2.24. The zero-order valence-electron chi connectivity index (χ0n) is 11.8. The van der Waals surface area contributed by atoms with E-state index in [1.165, 1.54) is 8.61 Å². The molecule has 1 heterocycles. The molecule has 2 rings (SSSR count). The van der Waals surface area contributed by atoms with Gasteiger partial charge in [0.1, 0.15) is 0 Å². The second-order valence-electron chi connectivity index (χ2n) is 5.24. The van der Waals surface area contributed by atoms with Crippen LogP contribution >= 0.6 is 0 Å². The van der Waals surface area contributed by atoms with Gasteiger partial charge in [-0.3, -0.25) is 4.31 Å². The molecule has 6 heteroatoms. The summed E-state index contributed by atoms with van der Waals surface area (Å²) in [5.41, 5.74) is 0.597. The van der Waals surface area contributed by atoms with Gasteiger partial charge < -0.3 is 5.11 Å². The van der Waals surface area contributed by atoms with Crippen LogP contribution < -0.4 is 4.31 Å². The zero-order chi connectivity index (χ0) is 14.6. The molecule has 5 nitrogen and oxygen atoms in total. The molecule has 0 aliphatic carbocycles. The minimum Gasteiger partial charge on any atom is -0.394 e. The maximum absolute atomic E-state index is 12.8. The van der Waals surface area contributed by atoms with E-state index in [2.05, 4.69) is 6.92 Å². The Bertz CT molecular complexity index is 518. The van der Waals surface area contributed by atoms with Gasteiger partial charge in [-0.15, -0.1) is 0 Å². The lowest BCUT2D eigenvalue weighted by atomic mass is 10.0. The van der Waals surface area contributed by atoms with Gasteiger partial charge in [0.15, 0.2) is 0 Å². The maximum Gasteiger partial charge on any atom is 0.304 e. The third kappa shape index (κ3) is 3.31. The Kier molecular flexibility index (Phi) is 5.01. The number of para-hydroxylation sites is 1. The first-order valence-corrected chi connectivity index (χ1v) is 8.39. The van der Waals surface area contributed by atoms with Crippen LogP contribution in [0.4, 0.5) is 5.69 Å². The van der Waals surface area contributed by atoms with Crippen LogP contribution in [0.25, 0.3) is 0 Å². The molecule has 0 saturated carbocycles. The molecular formula is C14H22N2O3S. The number of anilines is 1. The predicted octanol–water partition coefficient (Wildman–Crippen LogP) is 1.46. The highest BCUT2D eigenvalue weighted by molar-refractivity contribution is 7.90. The Morgan fingerprint density at radius 2 is 2.05 bits per heavy atom. The molecule has 1 fully saturated rings. The minimum atomic E-state index is -3.57. The van der Waals surface area contributed by atoms with E-state index in [9.17, 15) is 13.5 Å². The molecule has 1 N–H and O–H groups in total. The van der Waals surface area contributed by atoms with Gasteiger partial charge in [-0.1, -0.05) is 25.1 Å². The van der Waals surface area contributed by atoms with Crippen LogP contribution in [0, 0.1) is 5.92 Å². The first kappa shape index (κ1) is 15.3. The smallest absolute Gasteiger partial charge is 0.304 e. The molecule has 112 valence electrons. The summed E-state index contributed by atoms with van der Waals surface area (Å²) in [5.74, 6) is 0.380. The van der Waals surface area contributed by atoms with Crippen molar-refractivity contribution in [2.45, 2.75) is 19.8 Å². The minimum absolute atomic E-state index is 0.0806. The lowest BCUT2D eigenvalue weighted by molar-refractivity contribution is 0.276. The molecule has 1 aromatic carbocycles. The van der Waals surface area contributed by atoms with Crippen LogP contribution in [0.3, 0.4) is 0 Å². The fourth-order valence-corrected chi connectivity index (χ4v) is 4.34. The predicted molar refractivity (Wildman–Crippen MR) is 79.8 cm³/mol. The summed E-state index contributed by atoms with van der Waals surface area (Å²) in [5, 5.41) is 9.19. The van der Waals surface area contributed by atoms with Crippen molar-refractivity contribution in [3.63, 3.8) is 0 Å². The Morgan fingerprint density at radius 3 is 2.65 bits per heavy atom. The number of piperidine rings is 1. The molecule has 0 radical (unpaired) electrons. The van der Waals surface area contributed by atoms with Crippen molar-refractivity contribution >= 4 is 15.9 Å². The van der Waals surface area contributed by atoms with Crippen molar-refractivity contribution in [3.8, 4) is 0 Å². The normalized spacial score (nSPS) is 20.8. The van der Waals surface area contributed by atoms with Crippen LogP contribution in [0.15, 0.2) is 30.3 Å². The molecule has 1 aliphatic heterocycles. The molecule has 1 saturated heterocycles. The van der Waals surface area contributed by atoms with Crippen molar-refractivity contribution < 1.29 is 13.5 Å². The third-order valence-electron chi connectivity index (χ3n) is 3.57. The van der Waals surface area contributed by atoms with E-state index >= 15 is 0 Å². The van der Waals surface area contributed by atoms with Crippen LogP contribution in [-0.2, 0) is 10.2 Å². The van der Waals surface area contributed by atoms with Crippen LogP contribution in [0.5, 0.6) is 0 Å². The van der Waals surface area contributed by atoms with E-state index in [1.54, 1.807) is 24.3 Å². The number of aliphatic hydroxyl groups is 1. The van der Waals surface area contributed by atoms with Crippen LogP contribution in [-0.4, -0.2) is 44.1 Å². The summed E-state index contributed by atoms with van der Waals surface area (Å²) in [4.78, 5) is 0. The van der Waals surface area contributed by atoms with E-state index in [0.29, 0.717) is 24.7 Å². The van der Waals surface area contributed by atoms with Crippen molar-refractivity contribution in [2.24, 2.45) is 5.92 Å². The molecule has 0 aromatic heterocycles. The molecule has 0 amide bonds. The number of benzene rings is 1. The average molecular weight is 298 g/mol. The summed E-state index contributed by atoms with van der Waals surface area (Å²) in [6.07, 6.45) is 1.96. The van der Waals surface area contributed by atoms with Crippen molar-refractivity contribution in [1.82, 2.24) is 4.31 Å². The summed E-state index contributed by atoms with van der Waals surface area (Å²) in [6, 6.07) is 8.94. The second kappa shape index (κ2) is 6.56. The standard InChI is InChI=1S/C14H22N2O3S/c1-13-6-5-9-15(12-13)20(18,19)16(10-11-17)14-7-3-2-4-8-14/h2-4,7-8,13,17H,5-6,9-12H2,1H3. The highest BCUT2D eigenvalue weighted by atomic mass is 32.2. The maximum atomic E-state index is 12.8. The van der Waals surface area contributed by atoms with E-state index in [-0.39, 0.29) is 13.2 Å². The van der Waals surface area contributed by atoms with Crippen molar-refractivity contribution in [2.75, 3.05) is 30.5 Å². The monoisotopic (exact) mass is 298 g/mol. The molecule has 20 heavy (non-hydrogen) atoms. The molecule has 1 atom stereocenters. The van der Waals surface area contributed by atoms with Gasteiger partial charge >= 0.3 is 10.2 Å². The quantitative estimate of drug-likeness (QED) is 0.895. The molecule has 1 unspecified atom stereocenters. The Hall–Kier alpha value is -1.11. The summed E-state index contributed by atoms with van der Waals surface area (Å²) >= 11 is 0. The lowest BCUT2D eigenvalue weighted by Crippen LogP contribution is -2.48. The van der Waals surface area contributed by atoms with E-state index in [1.807, 2.05) is 6.07 Å². The van der Waals surface area contributed by atoms with Crippen molar-refractivity contribution in [1.29, 1.82) is 0 Å². The summed E-state index contributed by atoms with van der Waals surface area (Å²) in [7, 11) is -3.57. The lowest BCUT2D eigenvalue weighted by Gasteiger charge is -2.35. The Labute approximate surface area is 121 Å². The van der Waals surface area contributed by atoms with E-state index in [0.717, 1.165) is 12.8 Å². The van der Waals surface area contributed by atoms with Gasteiger partial charge in [-0.25, -0.2) is 0 Å². The number of nitrogens with zero attached hydrogens (tertiary/aromatic N) is 2. The Balaban J connectivity index is 2.27. The zero-order valence-corrected chi connectivity index (χ0v) is 12.6. The second-order valence-corrected chi connectivity index (χ2v) is 7.10. The van der Waals surface area contributed by atoms with E-state index in [4.69, 9.17) is 0 Å². The fraction of sp³-hybridized carbons (Fsp3) is 0.571. The highest BCUT2D eigenvalue weighted by Gasteiger charge is 2.32. The van der Waals surface area contributed by atoms with Gasteiger partial charge in [0, 0.05) is 13.1 Å². The fourth-order valence-electron chi connectivity index (χ4n) is 2.56. The van der Waals surface area contributed by atoms with Crippen molar-refractivity contribution in [3.05, 3.63) is 30.3 Å². The molecule has 0 spiro atoms. The van der Waals surface area contributed by atoms with Crippen LogP contribution in [0.2, 0.25) is 0 Å². The SMILES string of the molecule is CC1CCCN(S(=O)(=O)N(CCO)c2ccccc2)C1. The van der Waals surface area contributed by atoms with Gasteiger partial charge in [0.25, 0.3) is 0 Å². The first-order chi connectivity index (χ1) is 9.55. The van der Waals surface area contributed by atoms with Crippen LogP contribution in [0.1, 0.15) is 19.8 Å².